The van der Waals surface area contributed by atoms with Crippen molar-refractivity contribution in [3.8, 4) is 0 Å². The standard InChI is InChI=1S/C9H9Cl2N3OS/c1-5(15)13-14-9(16)12-8-4-6(10)2-3-7(8)11/h2-4H,1H3,(H,13,15)(H2,12,14,16). The Morgan fingerprint density at radius 2 is 2.00 bits per heavy atom. The first-order valence-corrected chi connectivity index (χ1v) is 5.44. The minimum absolute atomic E-state index is 0.222. The maximum atomic E-state index is 10.6. The maximum Gasteiger partial charge on any atom is 0.235 e. The number of amides is 1. The number of hydrogen-bond donors (Lipinski definition) is 3. The van der Waals surface area contributed by atoms with Crippen LogP contribution in [0.3, 0.4) is 0 Å². The molecule has 0 atom stereocenters. The predicted molar refractivity (Wildman–Crippen MR) is 69.6 cm³/mol. The molecule has 0 aromatic heterocycles. The fourth-order valence-corrected chi connectivity index (χ4v) is 1.39. The van der Waals surface area contributed by atoms with Crippen molar-refractivity contribution >= 4 is 52.1 Å². The Morgan fingerprint density at radius 3 is 2.62 bits per heavy atom. The Morgan fingerprint density at radius 1 is 1.31 bits per heavy atom. The fourth-order valence-electron chi connectivity index (χ4n) is 0.892. The largest absolute Gasteiger partial charge is 0.330 e. The molecule has 0 aliphatic rings. The summed E-state index contributed by atoms with van der Waals surface area (Å²) in [6.45, 7) is 1.36. The highest BCUT2D eigenvalue weighted by Gasteiger charge is 2.03. The van der Waals surface area contributed by atoms with E-state index in [1.807, 2.05) is 0 Å². The van der Waals surface area contributed by atoms with E-state index in [2.05, 4.69) is 16.2 Å². The van der Waals surface area contributed by atoms with Crippen LogP contribution in [0.25, 0.3) is 0 Å². The number of benzene rings is 1. The number of carbonyl (C=O) groups is 1. The lowest BCUT2D eigenvalue weighted by atomic mass is 10.3. The Balaban J connectivity index is 2.62. The van der Waals surface area contributed by atoms with Crippen LogP contribution in [0.1, 0.15) is 6.92 Å². The van der Waals surface area contributed by atoms with Crippen LogP contribution in [0, 0.1) is 0 Å². The van der Waals surface area contributed by atoms with Crippen LogP contribution < -0.4 is 16.2 Å². The van der Waals surface area contributed by atoms with E-state index in [1.54, 1.807) is 18.2 Å². The van der Waals surface area contributed by atoms with Crippen LogP contribution >= 0.6 is 35.4 Å². The number of carbonyl (C=O) groups excluding carboxylic acids is 1. The molecular formula is C9H9Cl2N3OS. The summed E-state index contributed by atoms with van der Waals surface area (Å²) in [7, 11) is 0. The van der Waals surface area contributed by atoms with Gasteiger partial charge in [-0.25, -0.2) is 0 Å². The zero-order valence-corrected chi connectivity index (χ0v) is 10.6. The minimum Gasteiger partial charge on any atom is -0.330 e. The van der Waals surface area contributed by atoms with E-state index in [-0.39, 0.29) is 11.0 Å². The summed E-state index contributed by atoms with van der Waals surface area (Å²) in [5.41, 5.74) is 5.39. The van der Waals surface area contributed by atoms with Crippen LogP contribution in [0.2, 0.25) is 10.0 Å². The van der Waals surface area contributed by atoms with Crippen molar-refractivity contribution in [3.63, 3.8) is 0 Å². The zero-order valence-electron chi connectivity index (χ0n) is 8.30. The summed E-state index contributed by atoms with van der Waals surface area (Å²) in [6, 6.07) is 4.94. The van der Waals surface area contributed by atoms with Crippen LogP contribution in [-0.4, -0.2) is 11.0 Å². The van der Waals surface area contributed by atoms with Gasteiger partial charge in [-0.05, 0) is 30.4 Å². The Labute approximate surface area is 108 Å². The van der Waals surface area contributed by atoms with Gasteiger partial charge in [0.2, 0.25) is 5.91 Å². The number of anilines is 1. The second kappa shape index (κ2) is 5.89. The topological polar surface area (TPSA) is 53.2 Å². The summed E-state index contributed by atoms with van der Waals surface area (Å²) in [4.78, 5) is 10.6. The van der Waals surface area contributed by atoms with Gasteiger partial charge in [0, 0.05) is 11.9 Å². The van der Waals surface area contributed by atoms with Gasteiger partial charge in [0.15, 0.2) is 5.11 Å². The van der Waals surface area contributed by atoms with E-state index in [9.17, 15) is 4.79 Å². The van der Waals surface area contributed by atoms with Crippen molar-refractivity contribution in [2.75, 3.05) is 5.32 Å². The average molecular weight is 278 g/mol. The molecule has 3 N–H and O–H groups in total. The summed E-state index contributed by atoms with van der Waals surface area (Å²) in [6.07, 6.45) is 0. The number of hydrogen-bond acceptors (Lipinski definition) is 2. The molecule has 0 bridgehead atoms. The summed E-state index contributed by atoms with van der Waals surface area (Å²) >= 11 is 16.6. The Kier molecular flexibility index (Phi) is 4.79. The lowest BCUT2D eigenvalue weighted by Gasteiger charge is -2.11. The van der Waals surface area contributed by atoms with Crippen LogP contribution in [0.5, 0.6) is 0 Å². The van der Waals surface area contributed by atoms with Gasteiger partial charge in [-0.1, -0.05) is 23.2 Å². The molecule has 0 heterocycles. The number of hydrazine groups is 1. The molecule has 1 aromatic rings. The van der Waals surface area contributed by atoms with E-state index in [0.29, 0.717) is 15.7 Å². The van der Waals surface area contributed by atoms with Crippen LogP contribution in [0.15, 0.2) is 18.2 Å². The molecule has 7 heteroatoms. The molecule has 0 aliphatic heterocycles. The van der Waals surface area contributed by atoms with Crippen molar-refractivity contribution in [2.45, 2.75) is 6.92 Å². The van der Waals surface area contributed by atoms with Gasteiger partial charge in [0.05, 0.1) is 10.7 Å². The maximum absolute atomic E-state index is 10.6. The molecule has 16 heavy (non-hydrogen) atoms. The van der Waals surface area contributed by atoms with Crippen molar-refractivity contribution < 1.29 is 4.79 Å². The summed E-state index contributed by atoms with van der Waals surface area (Å²) in [5, 5.41) is 4.04. The summed E-state index contributed by atoms with van der Waals surface area (Å²) in [5.74, 6) is -0.249. The zero-order chi connectivity index (χ0) is 12.1. The lowest BCUT2D eigenvalue weighted by molar-refractivity contribution is -0.119. The van der Waals surface area contributed by atoms with E-state index in [0.717, 1.165) is 0 Å². The molecule has 0 fully saturated rings. The van der Waals surface area contributed by atoms with Gasteiger partial charge < -0.3 is 5.32 Å². The molecular weight excluding hydrogens is 269 g/mol. The normalized spacial score (nSPS) is 9.44. The molecule has 0 saturated carbocycles. The molecule has 0 spiro atoms. The quantitative estimate of drug-likeness (QED) is 0.545. The van der Waals surface area contributed by atoms with Gasteiger partial charge in [0.25, 0.3) is 0 Å². The second-order valence-corrected chi connectivity index (χ2v) is 4.14. The van der Waals surface area contributed by atoms with Gasteiger partial charge >= 0.3 is 0 Å². The smallest absolute Gasteiger partial charge is 0.235 e. The SMILES string of the molecule is CC(=O)NNC(=S)Nc1cc(Cl)ccc1Cl. The molecule has 86 valence electrons. The second-order valence-electron chi connectivity index (χ2n) is 2.88. The van der Waals surface area contributed by atoms with Crippen molar-refractivity contribution in [3.05, 3.63) is 28.2 Å². The molecule has 1 rings (SSSR count). The van der Waals surface area contributed by atoms with Crippen molar-refractivity contribution in [1.82, 2.24) is 10.9 Å². The minimum atomic E-state index is -0.249. The van der Waals surface area contributed by atoms with Crippen LogP contribution in [-0.2, 0) is 4.79 Å². The lowest BCUT2D eigenvalue weighted by Crippen LogP contribution is -2.42. The Hall–Kier alpha value is -1.04. The number of thiocarbonyl (C=S) groups is 1. The molecule has 0 aliphatic carbocycles. The van der Waals surface area contributed by atoms with Gasteiger partial charge in [-0.2, -0.15) is 0 Å². The third-order valence-electron chi connectivity index (χ3n) is 1.53. The molecule has 0 unspecified atom stereocenters. The van der Waals surface area contributed by atoms with E-state index in [4.69, 9.17) is 35.4 Å². The van der Waals surface area contributed by atoms with Crippen molar-refractivity contribution in [2.24, 2.45) is 0 Å². The molecule has 4 nitrogen and oxygen atoms in total. The first-order valence-electron chi connectivity index (χ1n) is 4.27. The fraction of sp³-hybridized carbons (Fsp3) is 0.111. The highest BCUT2D eigenvalue weighted by molar-refractivity contribution is 7.80. The molecule has 1 aromatic carbocycles. The van der Waals surface area contributed by atoms with E-state index < -0.39 is 0 Å². The predicted octanol–water partition coefficient (Wildman–Crippen LogP) is 2.33. The molecule has 1 amide bonds. The van der Waals surface area contributed by atoms with Crippen LogP contribution in [0.4, 0.5) is 5.69 Å². The first-order chi connectivity index (χ1) is 7.49. The van der Waals surface area contributed by atoms with E-state index in [1.165, 1.54) is 6.92 Å². The highest BCUT2D eigenvalue weighted by Crippen LogP contribution is 2.25. The number of nitrogens with one attached hydrogen (secondary N) is 3. The van der Waals surface area contributed by atoms with Gasteiger partial charge in [0.1, 0.15) is 0 Å². The highest BCUT2D eigenvalue weighted by atomic mass is 35.5. The number of halogens is 2. The third-order valence-corrected chi connectivity index (χ3v) is 2.30. The Bertz CT molecular complexity index is 425. The number of rotatable bonds is 1. The molecule has 0 radical (unpaired) electrons. The summed E-state index contributed by atoms with van der Waals surface area (Å²) < 4.78 is 0. The molecule has 0 saturated heterocycles. The van der Waals surface area contributed by atoms with Crippen molar-refractivity contribution in [1.29, 1.82) is 0 Å². The van der Waals surface area contributed by atoms with Gasteiger partial charge in [-0.3, -0.25) is 15.6 Å². The average Bonchev–Trinajstić information content (AvgIpc) is 2.20. The third kappa shape index (κ3) is 4.22. The monoisotopic (exact) mass is 277 g/mol. The van der Waals surface area contributed by atoms with Gasteiger partial charge in [-0.15, -0.1) is 0 Å². The first kappa shape index (κ1) is 13.0. The van der Waals surface area contributed by atoms with E-state index >= 15 is 0 Å².